The molecule has 0 aliphatic heterocycles. The Kier molecular flexibility index (Phi) is 5.88. The number of carbonyl (C=O) groups excluding carboxylic acids is 1. The average Bonchev–Trinajstić information content (AvgIpc) is 2.67. The van der Waals surface area contributed by atoms with E-state index in [0.29, 0.717) is 28.9 Å². The van der Waals surface area contributed by atoms with E-state index in [0.717, 1.165) is 23.1 Å². The van der Waals surface area contributed by atoms with Crippen molar-refractivity contribution >= 4 is 16.8 Å². The Bertz CT molecular complexity index is 1030. The lowest BCUT2D eigenvalue weighted by Gasteiger charge is -2.13. The minimum atomic E-state index is -4.38. The van der Waals surface area contributed by atoms with Crippen LogP contribution >= 0.6 is 0 Å². The molecular weight excluding hydrogens is 381 g/mol. The molecule has 7 heteroatoms. The van der Waals surface area contributed by atoms with Crippen LogP contribution < -0.4 is 5.32 Å². The maximum atomic E-state index is 12.8. The van der Waals surface area contributed by atoms with Crippen LogP contribution in [-0.2, 0) is 10.9 Å². The Morgan fingerprint density at radius 1 is 1.14 bits per heavy atom. The van der Waals surface area contributed by atoms with Crippen LogP contribution in [0.5, 0.6) is 0 Å². The highest BCUT2D eigenvalue weighted by atomic mass is 19.4. The highest BCUT2D eigenvalue weighted by molar-refractivity contribution is 5.98. The number of pyridine rings is 1. The zero-order chi connectivity index (χ0) is 21.2. The van der Waals surface area contributed by atoms with E-state index in [1.54, 1.807) is 19.2 Å². The first-order valence-corrected chi connectivity index (χ1v) is 9.08. The van der Waals surface area contributed by atoms with E-state index in [1.807, 2.05) is 26.0 Å². The molecule has 0 aliphatic carbocycles. The molecule has 0 bridgehead atoms. The number of halogens is 3. The summed E-state index contributed by atoms with van der Waals surface area (Å²) in [6.45, 7) is 4.14. The molecule has 1 N–H and O–H groups in total. The third-order valence-electron chi connectivity index (χ3n) is 4.58. The van der Waals surface area contributed by atoms with Crippen molar-refractivity contribution < 1.29 is 22.7 Å². The van der Waals surface area contributed by atoms with E-state index < -0.39 is 11.7 Å². The zero-order valence-electron chi connectivity index (χ0n) is 16.3. The standard InChI is InChI=1S/C22H21F3N2O2/c1-13-10-19(15-4-7-17(8-5-15)22(23,24)25)27-20-11-16(6-9-18(13)20)21(28)26-14(2)12-29-3/h4-11,14H,12H2,1-3H3,(H,26,28). The summed E-state index contributed by atoms with van der Waals surface area (Å²) in [5, 5.41) is 3.72. The van der Waals surface area contributed by atoms with Gasteiger partial charge in [-0.15, -0.1) is 0 Å². The molecule has 29 heavy (non-hydrogen) atoms. The Morgan fingerprint density at radius 3 is 2.45 bits per heavy atom. The van der Waals surface area contributed by atoms with E-state index in [-0.39, 0.29) is 11.9 Å². The van der Waals surface area contributed by atoms with Crippen LogP contribution in [-0.4, -0.2) is 30.6 Å². The first-order chi connectivity index (χ1) is 13.7. The summed E-state index contributed by atoms with van der Waals surface area (Å²) >= 11 is 0. The van der Waals surface area contributed by atoms with Crippen molar-refractivity contribution in [3.05, 3.63) is 65.2 Å². The topological polar surface area (TPSA) is 51.2 Å². The van der Waals surface area contributed by atoms with Crippen LogP contribution in [0.25, 0.3) is 22.2 Å². The molecule has 2 aromatic carbocycles. The summed E-state index contributed by atoms with van der Waals surface area (Å²) in [5.74, 6) is -0.240. The van der Waals surface area contributed by atoms with E-state index in [9.17, 15) is 18.0 Å². The summed E-state index contributed by atoms with van der Waals surface area (Å²) in [7, 11) is 1.56. The largest absolute Gasteiger partial charge is 0.416 e. The fourth-order valence-electron chi connectivity index (χ4n) is 3.12. The van der Waals surface area contributed by atoms with Crippen LogP contribution in [0.3, 0.4) is 0 Å². The van der Waals surface area contributed by atoms with Gasteiger partial charge in [-0.3, -0.25) is 4.79 Å². The number of methoxy groups -OCH3 is 1. The van der Waals surface area contributed by atoms with Gasteiger partial charge < -0.3 is 10.1 Å². The van der Waals surface area contributed by atoms with Crippen LogP contribution in [0.4, 0.5) is 13.2 Å². The Hall–Kier alpha value is -2.93. The molecule has 3 rings (SSSR count). The minimum Gasteiger partial charge on any atom is -0.383 e. The highest BCUT2D eigenvalue weighted by Gasteiger charge is 2.30. The van der Waals surface area contributed by atoms with Gasteiger partial charge >= 0.3 is 6.18 Å². The fourth-order valence-corrected chi connectivity index (χ4v) is 3.12. The second-order valence-corrected chi connectivity index (χ2v) is 6.96. The number of alkyl halides is 3. The van der Waals surface area contributed by atoms with Crippen LogP contribution in [0.1, 0.15) is 28.4 Å². The molecule has 0 aliphatic rings. The second kappa shape index (κ2) is 8.21. The Labute approximate surface area is 166 Å². The normalized spacial score (nSPS) is 12.8. The van der Waals surface area contributed by atoms with Gasteiger partial charge in [-0.2, -0.15) is 13.2 Å². The molecule has 0 fully saturated rings. The van der Waals surface area contributed by atoms with Gasteiger partial charge in [-0.05, 0) is 49.7 Å². The van der Waals surface area contributed by atoms with Crippen molar-refractivity contribution in [3.63, 3.8) is 0 Å². The van der Waals surface area contributed by atoms with Crippen LogP contribution in [0.2, 0.25) is 0 Å². The number of aryl methyl sites for hydroxylation is 1. The molecule has 0 saturated carbocycles. The van der Waals surface area contributed by atoms with Crippen molar-refractivity contribution in [2.75, 3.05) is 13.7 Å². The van der Waals surface area contributed by atoms with E-state index >= 15 is 0 Å². The number of hydrogen-bond acceptors (Lipinski definition) is 3. The van der Waals surface area contributed by atoms with Crippen LogP contribution in [0.15, 0.2) is 48.5 Å². The van der Waals surface area contributed by atoms with Gasteiger partial charge in [0, 0.05) is 29.7 Å². The third kappa shape index (κ3) is 4.74. The number of ether oxygens (including phenoxy) is 1. The lowest BCUT2D eigenvalue weighted by atomic mass is 10.0. The number of amides is 1. The first kappa shape index (κ1) is 20.8. The molecule has 1 heterocycles. The molecule has 1 unspecified atom stereocenters. The SMILES string of the molecule is COCC(C)NC(=O)c1ccc2c(C)cc(-c3ccc(C(F)(F)F)cc3)nc2c1. The predicted molar refractivity (Wildman–Crippen MR) is 106 cm³/mol. The zero-order valence-corrected chi connectivity index (χ0v) is 16.3. The summed E-state index contributed by atoms with van der Waals surface area (Å²) < 4.78 is 43.4. The lowest BCUT2D eigenvalue weighted by Crippen LogP contribution is -2.35. The second-order valence-electron chi connectivity index (χ2n) is 6.96. The third-order valence-corrected chi connectivity index (χ3v) is 4.58. The summed E-state index contributed by atoms with van der Waals surface area (Å²) in [6, 6.07) is 11.8. The maximum Gasteiger partial charge on any atom is 0.416 e. The number of hydrogen-bond donors (Lipinski definition) is 1. The molecule has 1 atom stereocenters. The molecule has 0 spiro atoms. The van der Waals surface area contributed by atoms with Gasteiger partial charge in [0.15, 0.2) is 0 Å². The Morgan fingerprint density at radius 2 is 1.83 bits per heavy atom. The number of nitrogens with one attached hydrogen (secondary N) is 1. The number of aromatic nitrogens is 1. The van der Waals surface area contributed by atoms with Crippen molar-refractivity contribution in [1.82, 2.24) is 10.3 Å². The van der Waals surface area contributed by atoms with Crippen LogP contribution in [0, 0.1) is 6.92 Å². The highest BCUT2D eigenvalue weighted by Crippen LogP contribution is 2.31. The van der Waals surface area contributed by atoms with Gasteiger partial charge in [0.25, 0.3) is 5.91 Å². The first-order valence-electron chi connectivity index (χ1n) is 9.08. The number of fused-ring (bicyclic) bond motifs is 1. The monoisotopic (exact) mass is 402 g/mol. The molecule has 4 nitrogen and oxygen atoms in total. The van der Waals surface area contributed by atoms with E-state index in [1.165, 1.54) is 12.1 Å². The molecule has 1 amide bonds. The fraction of sp³-hybridized carbons (Fsp3) is 0.273. The van der Waals surface area contributed by atoms with Gasteiger partial charge in [-0.25, -0.2) is 4.98 Å². The summed E-state index contributed by atoms with van der Waals surface area (Å²) in [4.78, 5) is 17.0. The summed E-state index contributed by atoms with van der Waals surface area (Å²) in [6.07, 6.45) is -4.38. The maximum absolute atomic E-state index is 12.8. The number of benzene rings is 2. The predicted octanol–water partition coefficient (Wildman–Crippen LogP) is 4.99. The number of nitrogens with zero attached hydrogens (tertiary/aromatic N) is 1. The van der Waals surface area contributed by atoms with Gasteiger partial charge in [0.2, 0.25) is 0 Å². The molecule has 0 radical (unpaired) electrons. The number of carbonyl (C=O) groups is 1. The molecule has 152 valence electrons. The molecule has 0 saturated heterocycles. The molecule has 1 aromatic heterocycles. The van der Waals surface area contributed by atoms with Crippen molar-refractivity contribution in [2.24, 2.45) is 0 Å². The number of rotatable bonds is 5. The van der Waals surface area contributed by atoms with Crippen molar-refractivity contribution in [3.8, 4) is 11.3 Å². The van der Waals surface area contributed by atoms with Gasteiger partial charge in [0.05, 0.1) is 23.4 Å². The summed E-state index contributed by atoms with van der Waals surface area (Å²) in [5.41, 5.74) is 2.40. The minimum absolute atomic E-state index is 0.142. The quantitative estimate of drug-likeness (QED) is 0.654. The van der Waals surface area contributed by atoms with Gasteiger partial charge in [0.1, 0.15) is 0 Å². The lowest BCUT2D eigenvalue weighted by molar-refractivity contribution is -0.137. The molecular formula is C22H21F3N2O2. The average molecular weight is 402 g/mol. The van der Waals surface area contributed by atoms with Crippen molar-refractivity contribution in [2.45, 2.75) is 26.1 Å². The van der Waals surface area contributed by atoms with E-state index in [2.05, 4.69) is 10.3 Å². The Balaban J connectivity index is 1.95. The smallest absolute Gasteiger partial charge is 0.383 e. The van der Waals surface area contributed by atoms with Gasteiger partial charge in [-0.1, -0.05) is 18.2 Å². The van der Waals surface area contributed by atoms with E-state index in [4.69, 9.17) is 4.74 Å². The molecule has 3 aromatic rings. The van der Waals surface area contributed by atoms with Crippen molar-refractivity contribution in [1.29, 1.82) is 0 Å².